The number of nitrogens with one attached hydrogen (secondary N) is 1. The van der Waals surface area contributed by atoms with E-state index in [0.29, 0.717) is 12.0 Å². The fourth-order valence-corrected chi connectivity index (χ4v) is 2.30. The van der Waals surface area contributed by atoms with Crippen molar-refractivity contribution in [3.8, 4) is 0 Å². The molecule has 2 rings (SSSR count). The highest BCUT2D eigenvalue weighted by Crippen LogP contribution is 2.30. The molecule has 2 heteroatoms. The average Bonchev–Trinajstić information content (AvgIpc) is 2.64. The van der Waals surface area contributed by atoms with Gasteiger partial charge in [-0.25, -0.2) is 0 Å². The summed E-state index contributed by atoms with van der Waals surface area (Å²) in [7, 11) is 0. The standard InChI is InChI=1S/C14H22N2/c1-9(2)13-8-14(15-10(3)4)11-6-5-7-12(11)16-13/h8-10H,5-7H2,1-4H3,(H,15,16). The normalized spacial score (nSPS) is 14.6. The Bertz CT molecular complexity index is 381. The number of rotatable bonds is 3. The molecule has 0 radical (unpaired) electrons. The minimum atomic E-state index is 0.493. The summed E-state index contributed by atoms with van der Waals surface area (Å²) in [6.45, 7) is 8.80. The van der Waals surface area contributed by atoms with Crippen LogP contribution in [0.15, 0.2) is 6.07 Å². The minimum Gasteiger partial charge on any atom is -0.383 e. The Balaban J connectivity index is 2.41. The highest BCUT2D eigenvalue weighted by atomic mass is 14.9. The van der Waals surface area contributed by atoms with Gasteiger partial charge in [0.25, 0.3) is 0 Å². The lowest BCUT2D eigenvalue weighted by molar-refractivity contribution is 0.804. The minimum absolute atomic E-state index is 0.493. The van der Waals surface area contributed by atoms with Crippen LogP contribution in [0.25, 0.3) is 0 Å². The lowest BCUT2D eigenvalue weighted by Crippen LogP contribution is -2.13. The third-order valence-corrected chi connectivity index (χ3v) is 3.11. The molecular formula is C14H22N2. The lowest BCUT2D eigenvalue weighted by Gasteiger charge is -2.17. The Morgan fingerprint density at radius 2 is 1.94 bits per heavy atom. The van der Waals surface area contributed by atoms with Crippen molar-refractivity contribution in [3.63, 3.8) is 0 Å². The maximum absolute atomic E-state index is 4.78. The highest BCUT2D eigenvalue weighted by molar-refractivity contribution is 5.56. The van der Waals surface area contributed by atoms with E-state index in [-0.39, 0.29) is 0 Å². The number of nitrogens with zero attached hydrogens (tertiary/aromatic N) is 1. The quantitative estimate of drug-likeness (QED) is 0.839. The van der Waals surface area contributed by atoms with E-state index in [1.54, 1.807) is 0 Å². The third-order valence-electron chi connectivity index (χ3n) is 3.11. The van der Waals surface area contributed by atoms with Crippen LogP contribution in [0.4, 0.5) is 5.69 Å². The van der Waals surface area contributed by atoms with Crippen molar-refractivity contribution in [2.45, 2.75) is 58.9 Å². The van der Waals surface area contributed by atoms with Gasteiger partial charge in [0, 0.05) is 23.1 Å². The average molecular weight is 218 g/mol. The molecule has 1 N–H and O–H groups in total. The van der Waals surface area contributed by atoms with Gasteiger partial charge < -0.3 is 5.32 Å². The maximum Gasteiger partial charge on any atom is 0.0459 e. The molecule has 0 bridgehead atoms. The Morgan fingerprint density at radius 3 is 2.56 bits per heavy atom. The van der Waals surface area contributed by atoms with Gasteiger partial charge in [0.2, 0.25) is 0 Å². The van der Waals surface area contributed by atoms with E-state index >= 15 is 0 Å². The molecule has 1 heterocycles. The van der Waals surface area contributed by atoms with E-state index < -0.39 is 0 Å². The first-order valence-corrected chi connectivity index (χ1v) is 6.37. The van der Waals surface area contributed by atoms with Gasteiger partial charge in [-0.2, -0.15) is 0 Å². The van der Waals surface area contributed by atoms with Crippen molar-refractivity contribution >= 4 is 5.69 Å². The van der Waals surface area contributed by atoms with Gasteiger partial charge in [-0.05, 0) is 50.7 Å². The molecule has 0 aromatic carbocycles. The van der Waals surface area contributed by atoms with Crippen LogP contribution in [0.1, 0.15) is 57.0 Å². The van der Waals surface area contributed by atoms with Gasteiger partial charge in [0.15, 0.2) is 0 Å². The van der Waals surface area contributed by atoms with Crippen LogP contribution in [0.3, 0.4) is 0 Å². The second-order valence-electron chi connectivity index (χ2n) is 5.33. The van der Waals surface area contributed by atoms with E-state index in [0.717, 1.165) is 6.42 Å². The van der Waals surface area contributed by atoms with Crippen LogP contribution in [0.5, 0.6) is 0 Å². The van der Waals surface area contributed by atoms with Crippen LogP contribution >= 0.6 is 0 Å². The smallest absolute Gasteiger partial charge is 0.0459 e. The molecule has 0 aliphatic heterocycles. The van der Waals surface area contributed by atoms with Gasteiger partial charge in [-0.1, -0.05) is 13.8 Å². The number of anilines is 1. The topological polar surface area (TPSA) is 24.9 Å². The van der Waals surface area contributed by atoms with Gasteiger partial charge >= 0.3 is 0 Å². The molecule has 0 fully saturated rings. The number of aryl methyl sites for hydroxylation is 1. The zero-order valence-electron chi connectivity index (χ0n) is 10.8. The Morgan fingerprint density at radius 1 is 1.19 bits per heavy atom. The molecule has 1 aromatic rings. The second kappa shape index (κ2) is 4.44. The molecule has 0 amide bonds. The number of hydrogen-bond donors (Lipinski definition) is 1. The predicted molar refractivity (Wildman–Crippen MR) is 69.1 cm³/mol. The summed E-state index contributed by atoms with van der Waals surface area (Å²) in [6, 6.07) is 2.74. The second-order valence-corrected chi connectivity index (χ2v) is 5.33. The van der Waals surface area contributed by atoms with Crippen LogP contribution in [0, 0.1) is 0 Å². The van der Waals surface area contributed by atoms with E-state index in [1.807, 2.05) is 0 Å². The largest absolute Gasteiger partial charge is 0.383 e. The fourth-order valence-electron chi connectivity index (χ4n) is 2.30. The molecule has 88 valence electrons. The maximum atomic E-state index is 4.78. The van der Waals surface area contributed by atoms with Crippen molar-refractivity contribution in [2.24, 2.45) is 0 Å². The molecule has 0 atom stereocenters. The third kappa shape index (κ3) is 2.21. The van der Waals surface area contributed by atoms with Crippen LogP contribution < -0.4 is 5.32 Å². The molecule has 1 aromatic heterocycles. The van der Waals surface area contributed by atoms with Gasteiger partial charge in [-0.3, -0.25) is 4.98 Å². The van der Waals surface area contributed by atoms with Crippen molar-refractivity contribution in [1.29, 1.82) is 0 Å². The number of fused-ring (bicyclic) bond motifs is 1. The van der Waals surface area contributed by atoms with Crippen molar-refractivity contribution in [3.05, 3.63) is 23.0 Å². The van der Waals surface area contributed by atoms with Crippen LogP contribution in [0.2, 0.25) is 0 Å². The summed E-state index contributed by atoms with van der Waals surface area (Å²) < 4.78 is 0. The van der Waals surface area contributed by atoms with Crippen molar-refractivity contribution in [2.75, 3.05) is 5.32 Å². The van der Waals surface area contributed by atoms with E-state index in [9.17, 15) is 0 Å². The first-order chi connectivity index (χ1) is 7.58. The zero-order valence-corrected chi connectivity index (χ0v) is 10.8. The molecule has 1 aliphatic rings. The van der Waals surface area contributed by atoms with E-state index in [2.05, 4.69) is 39.1 Å². The number of aromatic nitrogens is 1. The SMILES string of the molecule is CC(C)Nc1cc(C(C)C)nc2c1CCC2. The molecular weight excluding hydrogens is 196 g/mol. The number of hydrogen-bond acceptors (Lipinski definition) is 2. The van der Waals surface area contributed by atoms with Gasteiger partial charge in [-0.15, -0.1) is 0 Å². The molecule has 0 spiro atoms. The van der Waals surface area contributed by atoms with Crippen LogP contribution in [-0.4, -0.2) is 11.0 Å². The van der Waals surface area contributed by atoms with Gasteiger partial charge in [0.1, 0.15) is 0 Å². The first-order valence-electron chi connectivity index (χ1n) is 6.37. The van der Waals surface area contributed by atoms with Crippen molar-refractivity contribution < 1.29 is 0 Å². The molecule has 0 saturated carbocycles. The predicted octanol–water partition coefficient (Wildman–Crippen LogP) is 3.51. The highest BCUT2D eigenvalue weighted by Gasteiger charge is 2.18. The monoisotopic (exact) mass is 218 g/mol. The Hall–Kier alpha value is -1.05. The van der Waals surface area contributed by atoms with E-state index in [1.165, 1.54) is 35.5 Å². The summed E-state index contributed by atoms with van der Waals surface area (Å²) in [4.78, 5) is 4.78. The Kier molecular flexibility index (Phi) is 3.17. The van der Waals surface area contributed by atoms with Crippen molar-refractivity contribution in [1.82, 2.24) is 4.98 Å². The summed E-state index contributed by atoms with van der Waals surface area (Å²) >= 11 is 0. The lowest BCUT2D eigenvalue weighted by atomic mass is 10.1. The summed E-state index contributed by atoms with van der Waals surface area (Å²) in [5.41, 5.74) is 5.33. The molecule has 0 unspecified atom stereocenters. The summed E-state index contributed by atoms with van der Waals surface area (Å²) in [5, 5.41) is 3.56. The first kappa shape index (κ1) is 11.4. The van der Waals surface area contributed by atoms with Crippen LogP contribution in [-0.2, 0) is 12.8 Å². The zero-order chi connectivity index (χ0) is 11.7. The molecule has 16 heavy (non-hydrogen) atoms. The molecule has 0 saturated heterocycles. The summed E-state index contributed by atoms with van der Waals surface area (Å²) in [6.07, 6.45) is 3.61. The van der Waals surface area contributed by atoms with E-state index in [4.69, 9.17) is 4.98 Å². The number of pyridine rings is 1. The Labute approximate surface area is 98.5 Å². The summed E-state index contributed by atoms with van der Waals surface area (Å²) in [5.74, 6) is 0.513. The molecule has 1 aliphatic carbocycles. The molecule has 2 nitrogen and oxygen atoms in total. The fraction of sp³-hybridized carbons (Fsp3) is 0.643. The van der Waals surface area contributed by atoms with Gasteiger partial charge in [0.05, 0.1) is 0 Å².